The first-order valence-corrected chi connectivity index (χ1v) is 6.44. The minimum Gasteiger partial charge on any atom is -0.490 e. The Morgan fingerprint density at radius 1 is 1.37 bits per heavy atom. The predicted molar refractivity (Wildman–Crippen MR) is 70.3 cm³/mol. The molecule has 0 aliphatic carbocycles. The van der Waals surface area contributed by atoms with Crippen LogP contribution in [-0.2, 0) is 0 Å². The Morgan fingerprint density at radius 3 is 2.74 bits per heavy atom. The maximum Gasteiger partial charge on any atom is 0.165 e. The van der Waals surface area contributed by atoms with Crippen molar-refractivity contribution in [2.24, 2.45) is 0 Å². The van der Waals surface area contributed by atoms with Crippen molar-refractivity contribution in [3.63, 3.8) is 0 Å². The summed E-state index contributed by atoms with van der Waals surface area (Å²) < 4.78 is 31.4. The van der Waals surface area contributed by atoms with Crippen LogP contribution in [0.2, 0.25) is 0 Å². The Labute approximate surface area is 112 Å². The highest BCUT2D eigenvalue weighted by Crippen LogP contribution is 2.19. The molecule has 0 radical (unpaired) electrons. The number of aliphatic hydroxyl groups is 1. The Hall–Kier alpha value is -1.20. The lowest BCUT2D eigenvalue weighted by Gasteiger charge is -2.28. The summed E-state index contributed by atoms with van der Waals surface area (Å²) in [4.78, 5) is 0. The van der Waals surface area contributed by atoms with E-state index in [1.165, 1.54) is 0 Å². The molecule has 0 bridgehead atoms. The van der Waals surface area contributed by atoms with Gasteiger partial charge >= 0.3 is 0 Å². The molecule has 0 aliphatic rings. The van der Waals surface area contributed by atoms with Crippen LogP contribution in [0, 0.1) is 11.6 Å². The van der Waals surface area contributed by atoms with Gasteiger partial charge in [0.25, 0.3) is 0 Å². The molecule has 0 spiro atoms. The van der Waals surface area contributed by atoms with Gasteiger partial charge in [-0.2, -0.15) is 0 Å². The Balaban J connectivity index is 2.40. The molecule has 1 atom stereocenters. The molecule has 0 fully saturated rings. The van der Waals surface area contributed by atoms with Gasteiger partial charge in [0.1, 0.15) is 5.82 Å². The molecule has 1 aromatic carbocycles. The Bertz CT molecular complexity index is 401. The van der Waals surface area contributed by atoms with Gasteiger partial charge in [-0.3, -0.25) is 0 Å². The van der Waals surface area contributed by atoms with Crippen molar-refractivity contribution >= 4 is 0 Å². The first-order valence-electron chi connectivity index (χ1n) is 6.44. The molecule has 0 saturated heterocycles. The average molecular weight is 273 g/mol. The number of ether oxygens (including phenoxy) is 1. The van der Waals surface area contributed by atoms with Crippen LogP contribution < -0.4 is 10.1 Å². The zero-order valence-electron chi connectivity index (χ0n) is 11.4. The lowest BCUT2D eigenvalue weighted by atomic mass is 9.97. The highest BCUT2D eigenvalue weighted by molar-refractivity contribution is 5.24. The van der Waals surface area contributed by atoms with Crippen LogP contribution in [0.25, 0.3) is 0 Å². The summed E-state index contributed by atoms with van der Waals surface area (Å²) in [5.74, 6) is -1.17. The molecule has 1 rings (SSSR count). The zero-order valence-corrected chi connectivity index (χ0v) is 11.4. The molecule has 0 saturated carbocycles. The molecule has 0 aliphatic heterocycles. The summed E-state index contributed by atoms with van der Waals surface area (Å²) >= 11 is 0. The van der Waals surface area contributed by atoms with Crippen molar-refractivity contribution in [2.75, 3.05) is 19.8 Å². The van der Waals surface area contributed by atoms with Crippen molar-refractivity contribution in [3.05, 3.63) is 29.8 Å². The first kappa shape index (κ1) is 15.9. The van der Waals surface area contributed by atoms with Gasteiger partial charge in [-0.1, -0.05) is 6.92 Å². The van der Waals surface area contributed by atoms with Crippen molar-refractivity contribution in [2.45, 2.75) is 32.2 Å². The van der Waals surface area contributed by atoms with E-state index in [1.54, 1.807) is 0 Å². The van der Waals surface area contributed by atoms with Crippen LogP contribution in [0.5, 0.6) is 5.75 Å². The number of hydrogen-bond acceptors (Lipinski definition) is 3. The standard InChI is InChI=1S/C14H21F2NO2/c1-3-17-14(2,10-18)7-4-8-19-13-9-11(15)5-6-12(13)16/h5-6,9,17-18H,3-4,7-8,10H2,1-2H3. The summed E-state index contributed by atoms with van der Waals surface area (Å²) in [6.07, 6.45) is 1.33. The van der Waals surface area contributed by atoms with Crippen LogP contribution in [0.1, 0.15) is 26.7 Å². The Kier molecular flexibility index (Phi) is 6.18. The highest BCUT2D eigenvalue weighted by Gasteiger charge is 2.21. The minimum absolute atomic E-state index is 0.0230. The van der Waals surface area contributed by atoms with Crippen molar-refractivity contribution in [1.82, 2.24) is 5.32 Å². The van der Waals surface area contributed by atoms with E-state index >= 15 is 0 Å². The van der Waals surface area contributed by atoms with E-state index in [4.69, 9.17) is 4.74 Å². The SMILES string of the molecule is CCNC(C)(CO)CCCOc1cc(F)ccc1F. The van der Waals surface area contributed by atoms with Gasteiger partial charge in [0.05, 0.1) is 13.2 Å². The Morgan fingerprint density at radius 2 is 2.11 bits per heavy atom. The van der Waals surface area contributed by atoms with Crippen molar-refractivity contribution < 1.29 is 18.6 Å². The number of hydrogen-bond donors (Lipinski definition) is 2. The molecule has 2 N–H and O–H groups in total. The number of aliphatic hydroxyl groups excluding tert-OH is 1. The molecule has 1 unspecified atom stereocenters. The number of nitrogens with one attached hydrogen (secondary N) is 1. The molecule has 19 heavy (non-hydrogen) atoms. The molecule has 0 aromatic heterocycles. The number of likely N-dealkylation sites (N-methyl/N-ethyl adjacent to an activating group) is 1. The average Bonchev–Trinajstić information content (AvgIpc) is 2.39. The van der Waals surface area contributed by atoms with Crippen molar-refractivity contribution in [1.29, 1.82) is 0 Å². The lowest BCUT2D eigenvalue weighted by Crippen LogP contribution is -2.45. The molecule has 1 aromatic rings. The summed E-state index contributed by atoms with van der Waals surface area (Å²) in [5, 5.41) is 12.5. The summed E-state index contributed by atoms with van der Waals surface area (Å²) in [5.41, 5.74) is -0.363. The van der Waals surface area contributed by atoms with Gasteiger partial charge in [0, 0.05) is 11.6 Å². The van der Waals surface area contributed by atoms with Gasteiger partial charge in [0.15, 0.2) is 11.6 Å². The molecule has 0 heterocycles. The quantitative estimate of drug-likeness (QED) is 0.715. The molecular formula is C14H21F2NO2. The monoisotopic (exact) mass is 273 g/mol. The number of benzene rings is 1. The summed E-state index contributed by atoms with van der Waals surface area (Å²) in [7, 11) is 0. The van der Waals surface area contributed by atoms with E-state index in [0.29, 0.717) is 12.8 Å². The van der Waals surface area contributed by atoms with E-state index in [-0.39, 0.29) is 24.5 Å². The second kappa shape index (κ2) is 7.40. The molecule has 0 amide bonds. The van der Waals surface area contributed by atoms with E-state index < -0.39 is 11.6 Å². The van der Waals surface area contributed by atoms with Crippen LogP contribution in [0.4, 0.5) is 8.78 Å². The summed E-state index contributed by atoms with van der Waals surface area (Å²) in [6, 6.07) is 3.13. The third-order valence-electron chi connectivity index (χ3n) is 2.98. The van der Waals surface area contributed by atoms with Gasteiger partial charge < -0.3 is 15.2 Å². The fourth-order valence-electron chi connectivity index (χ4n) is 1.88. The highest BCUT2D eigenvalue weighted by atomic mass is 19.1. The van der Waals surface area contributed by atoms with Crippen LogP contribution in [0.3, 0.4) is 0 Å². The lowest BCUT2D eigenvalue weighted by molar-refractivity contribution is 0.157. The van der Waals surface area contributed by atoms with Crippen molar-refractivity contribution in [3.8, 4) is 5.75 Å². The van der Waals surface area contributed by atoms with E-state index in [9.17, 15) is 13.9 Å². The van der Waals surface area contributed by atoms with E-state index in [1.807, 2.05) is 13.8 Å². The normalized spacial score (nSPS) is 14.2. The van der Waals surface area contributed by atoms with Crippen LogP contribution in [-0.4, -0.2) is 30.4 Å². The van der Waals surface area contributed by atoms with Crippen LogP contribution in [0.15, 0.2) is 18.2 Å². The topological polar surface area (TPSA) is 41.5 Å². The second-order valence-corrected chi connectivity index (χ2v) is 4.78. The molecule has 3 nitrogen and oxygen atoms in total. The van der Waals surface area contributed by atoms with Gasteiger partial charge in [0.2, 0.25) is 0 Å². The van der Waals surface area contributed by atoms with Gasteiger partial charge in [-0.15, -0.1) is 0 Å². The number of halogens is 2. The third kappa shape index (κ3) is 5.12. The smallest absolute Gasteiger partial charge is 0.165 e. The molecule has 5 heteroatoms. The first-order chi connectivity index (χ1) is 9.00. The fraction of sp³-hybridized carbons (Fsp3) is 0.571. The van der Waals surface area contributed by atoms with E-state index in [2.05, 4.69) is 5.32 Å². The maximum absolute atomic E-state index is 13.3. The zero-order chi connectivity index (χ0) is 14.3. The molecular weight excluding hydrogens is 252 g/mol. The van der Waals surface area contributed by atoms with Crippen LogP contribution >= 0.6 is 0 Å². The fourth-order valence-corrected chi connectivity index (χ4v) is 1.88. The minimum atomic E-state index is -0.571. The molecule has 108 valence electrons. The summed E-state index contributed by atoms with van der Waals surface area (Å²) in [6.45, 7) is 4.94. The largest absolute Gasteiger partial charge is 0.490 e. The maximum atomic E-state index is 13.3. The second-order valence-electron chi connectivity index (χ2n) is 4.78. The third-order valence-corrected chi connectivity index (χ3v) is 2.98. The van der Waals surface area contributed by atoms with Gasteiger partial charge in [-0.25, -0.2) is 8.78 Å². The predicted octanol–water partition coefficient (Wildman–Crippen LogP) is 2.48. The van der Waals surface area contributed by atoms with E-state index in [0.717, 1.165) is 24.7 Å². The number of rotatable bonds is 8. The van der Waals surface area contributed by atoms with Gasteiger partial charge in [-0.05, 0) is 38.4 Å².